The van der Waals surface area contributed by atoms with Gasteiger partial charge in [-0.25, -0.2) is 9.97 Å². The summed E-state index contributed by atoms with van der Waals surface area (Å²) in [5.74, 6) is 2.28. The first-order valence-corrected chi connectivity index (χ1v) is 7.62. The molecule has 0 atom stereocenters. The number of rotatable bonds is 4. The van der Waals surface area contributed by atoms with Crippen molar-refractivity contribution in [2.45, 2.75) is 20.8 Å². The molecule has 3 rings (SSSR count). The van der Waals surface area contributed by atoms with Gasteiger partial charge in [0.25, 0.3) is 0 Å². The van der Waals surface area contributed by atoms with E-state index >= 15 is 0 Å². The molecule has 0 saturated carbocycles. The molecule has 0 amide bonds. The lowest BCUT2D eigenvalue weighted by Gasteiger charge is -2.12. The second-order valence-corrected chi connectivity index (χ2v) is 5.62. The van der Waals surface area contributed by atoms with Crippen molar-refractivity contribution in [3.63, 3.8) is 0 Å². The van der Waals surface area contributed by atoms with Crippen LogP contribution in [0.2, 0.25) is 0 Å². The number of hydrogen-bond acceptors (Lipinski definition) is 4. The third kappa shape index (κ3) is 3.86. The van der Waals surface area contributed by atoms with Gasteiger partial charge in [-0.05, 0) is 50.1 Å². The van der Waals surface area contributed by atoms with Gasteiger partial charge in [-0.1, -0.05) is 30.3 Å². The van der Waals surface area contributed by atoms with Crippen LogP contribution in [0.5, 0.6) is 0 Å². The van der Waals surface area contributed by atoms with Crippen molar-refractivity contribution in [2.75, 3.05) is 10.6 Å². The summed E-state index contributed by atoms with van der Waals surface area (Å²) in [4.78, 5) is 8.93. The number of benzene rings is 2. The second kappa shape index (κ2) is 6.48. The van der Waals surface area contributed by atoms with E-state index in [0.717, 1.165) is 28.8 Å². The lowest BCUT2D eigenvalue weighted by Crippen LogP contribution is -2.02. The van der Waals surface area contributed by atoms with E-state index in [1.165, 1.54) is 11.1 Å². The number of nitrogens with one attached hydrogen (secondary N) is 2. The molecule has 0 unspecified atom stereocenters. The first kappa shape index (κ1) is 15.0. The van der Waals surface area contributed by atoms with Crippen LogP contribution in [0.15, 0.2) is 54.6 Å². The Kier molecular flexibility index (Phi) is 4.24. The molecule has 3 aromatic rings. The molecule has 0 aliphatic rings. The first-order chi connectivity index (χ1) is 11.1. The van der Waals surface area contributed by atoms with E-state index in [4.69, 9.17) is 0 Å². The number of aromatic nitrogens is 2. The number of aryl methyl sites for hydroxylation is 3. The predicted molar refractivity (Wildman–Crippen MR) is 95.7 cm³/mol. The fourth-order valence-corrected chi connectivity index (χ4v) is 2.42. The number of para-hydroxylation sites is 1. The molecule has 2 aromatic carbocycles. The molecule has 2 N–H and O–H groups in total. The topological polar surface area (TPSA) is 49.8 Å². The zero-order chi connectivity index (χ0) is 16.2. The highest BCUT2D eigenvalue weighted by Crippen LogP contribution is 2.22. The van der Waals surface area contributed by atoms with Gasteiger partial charge < -0.3 is 10.6 Å². The summed E-state index contributed by atoms with van der Waals surface area (Å²) in [6, 6.07) is 18.3. The van der Waals surface area contributed by atoms with Crippen LogP contribution in [-0.4, -0.2) is 9.97 Å². The van der Waals surface area contributed by atoms with Crippen LogP contribution in [0, 0.1) is 20.8 Å². The Labute approximate surface area is 136 Å². The number of nitrogens with zero attached hydrogens (tertiary/aromatic N) is 2. The summed E-state index contributed by atoms with van der Waals surface area (Å²) < 4.78 is 0. The van der Waals surface area contributed by atoms with Gasteiger partial charge in [0.2, 0.25) is 0 Å². The Hall–Kier alpha value is -2.88. The van der Waals surface area contributed by atoms with Crippen molar-refractivity contribution in [1.29, 1.82) is 0 Å². The Morgan fingerprint density at radius 2 is 1.48 bits per heavy atom. The van der Waals surface area contributed by atoms with Crippen LogP contribution in [-0.2, 0) is 0 Å². The highest BCUT2D eigenvalue weighted by molar-refractivity contribution is 5.65. The zero-order valence-corrected chi connectivity index (χ0v) is 13.6. The standard InChI is InChI=1S/C19H20N4/c1-13-7-6-9-16(11-13)22-18-12-19(21-15(3)20-18)23-17-10-5-4-8-14(17)2/h4-12H,1-3H3,(H2,20,21,22,23). The third-order valence-corrected chi connectivity index (χ3v) is 3.54. The molecule has 0 spiro atoms. The number of anilines is 4. The molecule has 0 aliphatic carbocycles. The van der Waals surface area contributed by atoms with Gasteiger partial charge in [-0.15, -0.1) is 0 Å². The molecule has 23 heavy (non-hydrogen) atoms. The summed E-state index contributed by atoms with van der Waals surface area (Å²) >= 11 is 0. The van der Waals surface area contributed by atoms with E-state index in [1.807, 2.05) is 43.3 Å². The third-order valence-electron chi connectivity index (χ3n) is 3.54. The van der Waals surface area contributed by atoms with Crippen LogP contribution in [0.1, 0.15) is 17.0 Å². The van der Waals surface area contributed by atoms with Gasteiger partial charge in [0, 0.05) is 17.4 Å². The Morgan fingerprint density at radius 1 is 0.739 bits per heavy atom. The van der Waals surface area contributed by atoms with E-state index in [1.54, 1.807) is 0 Å². The highest BCUT2D eigenvalue weighted by Gasteiger charge is 2.04. The summed E-state index contributed by atoms with van der Waals surface area (Å²) in [6.45, 7) is 6.04. The minimum Gasteiger partial charge on any atom is -0.340 e. The summed E-state index contributed by atoms with van der Waals surface area (Å²) in [7, 11) is 0. The fraction of sp³-hybridized carbons (Fsp3) is 0.158. The maximum atomic E-state index is 4.47. The van der Waals surface area contributed by atoms with E-state index < -0.39 is 0 Å². The van der Waals surface area contributed by atoms with Crippen LogP contribution in [0.4, 0.5) is 23.0 Å². The minimum absolute atomic E-state index is 0.721. The summed E-state index contributed by atoms with van der Waals surface area (Å²) in [5.41, 5.74) is 4.45. The normalized spacial score (nSPS) is 10.4. The Bertz CT molecular complexity index is 827. The second-order valence-electron chi connectivity index (χ2n) is 5.62. The van der Waals surface area contributed by atoms with Crippen molar-refractivity contribution in [2.24, 2.45) is 0 Å². The fourth-order valence-electron chi connectivity index (χ4n) is 2.42. The average molecular weight is 304 g/mol. The SMILES string of the molecule is Cc1cccc(Nc2cc(Nc3ccccc3C)nc(C)n2)c1. The van der Waals surface area contributed by atoms with Crippen molar-refractivity contribution >= 4 is 23.0 Å². The molecule has 1 heterocycles. The summed E-state index contributed by atoms with van der Waals surface area (Å²) in [6.07, 6.45) is 0. The largest absolute Gasteiger partial charge is 0.340 e. The first-order valence-electron chi connectivity index (χ1n) is 7.62. The van der Waals surface area contributed by atoms with Gasteiger partial charge >= 0.3 is 0 Å². The minimum atomic E-state index is 0.721. The van der Waals surface area contributed by atoms with E-state index in [-0.39, 0.29) is 0 Å². The quantitative estimate of drug-likeness (QED) is 0.720. The Balaban J connectivity index is 1.86. The van der Waals surface area contributed by atoms with Crippen molar-refractivity contribution in [1.82, 2.24) is 9.97 Å². The molecule has 116 valence electrons. The maximum Gasteiger partial charge on any atom is 0.136 e. The highest BCUT2D eigenvalue weighted by atomic mass is 15.1. The van der Waals surface area contributed by atoms with E-state index in [2.05, 4.69) is 52.6 Å². The molecule has 0 radical (unpaired) electrons. The van der Waals surface area contributed by atoms with Gasteiger partial charge in [0.05, 0.1) is 0 Å². The van der Waals surface area contributed by atoms with Crippen LogP contribution < -0.4 is 10.6 Å². The number of hydrogen-bond donors (Lipinski definition) is 2. The van der Waals surface area contributed by atoms with Crippen molar-refractivity contribution < 1.29 is 0 Å². The van der Waals surface area contributed by atoms with E-state index in [0.29, 0.717) is 0 Å². The maximum absolute atomic E-state index is 4.47. The predicted octanol–water partition coefficient (Wildman–Crippen LogP) is 4.89. The summed E-state index contributed by atoms with van der Waals surface area (Å²) in [5, 5.41) is 6.69. The smallest absolute Gasteiger partial charge is 0.136 e. The van der Waals surface area contributed by atoms with Gasteiger partial charge in [-0.3, -0.25) is 0 Å². The average Bonchev–Trinajstić information content (AvgIpc) is 2.49. The molecular formula is C19H20N4. The lowest BCUT2D eigenvalue weighted by molar-refractivity contribution is 1.06. The van der Waals surface area contributed by atoms with E-state index in [9.17, 15) is 0 Å². The van der Waals surface area contributed by atoms with Crippen molar-refractivity contribution in [3.05, 3.63) is 71.5 Å². The van der Waals surface area contributed by atoms with Gasteiger partial charge in [-0.2, -0.15) is 0 Å². The van der Waals surface area contributed by atoms with Crippen LogP contribution in [0.25, 0.3) is 0 Å². The molecule has 0 bridgehead atoms. The molecule has 0 aliphatic heterocycles. The van der Waals surface area contributed by atoms with Gasteiger partial charge in [0.15, 0.2) is 0 Å². The van der Waals surface area contributed by atoms with Crippen LogP contribution >= 0.6 is 0 Å². The molecule has 4 nitrogen and oxygen atoms in total. The Morgan fingerprint density at radius 3 is 2.22 bits per heavy atom. The van der Waals surface area contributed by atoms with Crippen molar-refractivity contribution in [3.8, 4) is 0 Å². The monoisotopic (exact) mass is 304 g/mol. The molecule has 1 aromatic heterocycles. The molecule has 0 fully saturated rings. The van der Waals surface area contributed by atoms with Crippen LogP contribution in [0.3, 0.4) is 0 Å². The molecule has 0 saturated heterocycles. The van der Waals surface area contributed by atoms with Gasteiger partial charge in [0.1, 0.15) is 17.5 Å². The molecular weight excluding hydrogens is 284 g/mol. The zero-order valence-electron chi connectivity index (χ0n) is 13.6. The lowest BCUT2D eigenvalue weighted by atomic mass is 10.2. The molecule has 4 heteroatoms.